The van der Waals surface area contributed by atoms with Gasteiger partial charge in [-0.3, -0.25) is 0 Å². The van der Waals surface area contributed by atoms with Crippen molar-refractivity contribution in [3.05, 3.63) is 28.4 Å². The fraction of sp³-hybridized carbons (Fsp3) is 0.600. The summed E-state index contributed by atoms with van der Waals surface area (Å²) < 4.78 is 10.6. The van der Waals surface area contributed by atoms with Gasteiger partial charge in [-0.05, 0) is 0 Å². The Hall–Kier alpha value is -1.28. The number of hydrogen-bond donors (Lipinski definition) is 3. The Morgan fingerprint density at radius 1 is 1.65 bits per heavy atom. The molecule has 94 valence electrons. The number of nitrogens with one attached hydrogen (secondary N) is 1. The van der Waals surface area contributed by atoms with Crippen molar-refractivity contribution in [2.45, 2.75) is 24.4 Å². The zero-order valence-electron chi connectivity index (χ0n) is 9.24. The van der Waals surface area contributed by atoms with Crippen molar-refractivity contribution in [1.29, 1.82) is 0 Å². The van der Waals surface area contributed by atoms with Gasteiger partial charge < -0.3 is 24.7 Å². The van der Waals surface area contributed by atoms with E-state index in [0.29, 0.717) is 5.56 Å². The molecule has 0 spiro atoms. The van der Waals surface area contributed by atoms with E-state index in [0.717, 1.165) is 0 Å². The molecule has 7 nitrogen and oxygen atoms in total. The second-order valence-corrected chi connectivity index (χ2v) is 3.82. The summed E-state index contributed by atoms with van der Waals surface area (Å²) in [5.74, 6) is 0. The van der Waals surface area contributed by atoms with Crippen LogP contribution in [0.1, 0.15) is 11.7 Å². The molecule has 1 aliphatic heterocycles. The van der Waals surface area contributed by atoms with Crippen molar-refractivity contribution in [1.82, 2.24) is 9.97 Å². The molecule has 0 aromatic carbocycles. The van der Waals surface area contributed by atoms with E-state index in [4.69, 9.17) is 14.6 Å². The summed E-state index contributed by atoms with van der Waals surface area (Å²) in [6, 6.07) is 0. The minimum absolute atomic E-state index is 0.297. The van der Waals surface area contributed by atoms with Gasteiger partial charge in [0.1, 0.15) is 24.4 Å². The fourth-order valence-electron chi connectivity index (χ4n) is 1.93. The molecule has 2 heterocycles. The van der Waals surface area contributed by atoms with Crippen LogP contribution in [0.3, 0.4) is 0 Å². The lowest BCUT2D eigenvalue weighted by atomic mass is 10.0. The molecule has 1 aliphatic rings. The zero-order chi connectivity index (χ0) is 12.4. The monoisotopic (exact) mass is 242 g/mol. The predicted molar refractivity (Wildman–Crippen MR) is 56.4 cm³/mol. The third-order valence-corrected chi connectivity index (χ3v) is 2.81. The highest BCUT2D eigenvalue weighted by molar-refractivity contribution is 5.13. The van der Waals surface area contributed by atoms with E-state index in [1.54, 1.807) is 0 Å². The Morgan fingerprint density at radius 2 is 2.41 bits per heavy atom. The lowest BCUT2D eigenvalue weighted by Gasteiger charge is -2.18. The molecule has 0 bridgehead atoms. The third-order valence-electron chi connectivity index (χ3n) is 2.81. The number of ether oxygens (including phenoxy) is 2. The van der Waals surface area contributed by atoms with Gasteiger partial charge in [-0.2, -0.15) is 0 Å². The van der Waals surface area contributed by atoms with E-state index >= 15 is 0 Å². The summed E-state index contributed by atoms with van der Waals surface area (Å²) in [6.45, 7) is -0.297. The Balaban J connectivity index is 2.25. The molecule has 2 rings (SSSR count). The molecule has 4 atom stereocenters. The molecule has 3 N–H and O–H groups in total. The highest BCUT2D eigenvalue weighted by Crippen LogP contribution is 2.34. The van der Waals surface area contributed by atoms with Gasteiger partial charge in [-0.15, -0.1) is 0 Å². The van der Waals surface area contributed by atoms with Crippen molar-refractivity contribution in [2.75, 3.05) is 13.7 Å². The molecular formula is C10H14N2O5. The van der Waals surface area contributed by atoms with Gasteiger partial charge >= 0.3 is 5.69 Å². The fourth-order valence-corrected chi connectivity index (χ4v) is 1.93. The first-order valence-electron chi connectivity index (χ1n) is 5.19. The van der Waals surface area contributed by atoms with Crippen LogP contribution in [-0.2, 0) is 9.47 Å². The van der Waals surface area contributed by atoms with Crippen molar-refractivity contribution >= 4 is 0 Å². The van der Waals surface area contributed by atoms with E-state index in [2.05, 4.69) is 9.97 Å². The Morgan fingerprint density at radius 3 is 2.94 bits per heavy atom. The average Bonchev–Trinajstić information content (AvgIpc) is 2.66. The van der Waals surface area contributed by atoms with Gasteiger partial charge in [0.05, 0.1) is 6.61 Å². The maximum absolute atomic E-state index is 10.8. The van der Waals surface area contributed by atoms with Gasteiger partial charge in [-0.1, -0.05) is 0 Å². The number of aliphatic hydroxyl groups excluding tert-OH is 2. The number of H-pyrrole nitrogens is 1. The quantitative estimate of drug-likeness (QED) is 0.600. The zero-order valence-corrected chi connectivity index (χ0v) is 9.24. The Kier molecular flexibility index (Phi) is 3.53. The first kappa shape index (κ1) is 12.2. The summed E-state index contributed by atoms with van der Waals surface area (Å²) in [5, 5.41) is 18.9. The third kappa shape index (κ3) is 2.22. The van der Waals surface area contributed by atoms with Crippen molar-refractivity contribution < 1.29 is 19.7 Å². The van der Waals surface area contributed by atoms with Gasteiger partial charge in [0, 0.05) is 25.1 Å². The molecule has 17 heavy (non-hydrogen) atoms. The normalized spacial score (nSPS) is 32.9. The molecule has 1 saturated heterocycles. The number of rotatable bonds is 3. The van der Waals surface area contributed by atoms with Crippen LogP contribution in [-0.4, -0.2) is 52.2 Å². The molecule has 0 amide bonds. The number of aromatic amines is 1. The van der Waals surface area contributed by atoms with Gasteiger partial charge in [-0.25, -0.2) is 9.78 Å². The summed E-state index contributed by atoms with van der Waals surface area (Å²) >= 11 is 0. The van der Waals surface area contributed by atoms with E-state index in [9.17, 15) is 9.90 Å². The highest BCUT2D eigenvalue weighted by atomic mass is 16.6. The van der Waals surface area contributed by atoms with Crippen molar-refractivity contribution in [2.24, 2.45) is 0 Å². The molecular weight excluding hydrogens is 228 g/mol. The average molecular weight is 242 g/mol. The number of aliphatic hydroxyl groups is 2. The van der Waals surface area contributed by atoms with Gasteiger partial charge in [0.15, 0.2) is 0 Å². The molecule has 0 radical (unpaired) electrons. The largest absolute Gasteiger partial charge is 0.394 e. The predicted octanol–water partition coefficient (Wildman–Crippen LogP) is -1.42. The summed E-state index contributed by atoms with van der Waals surface area (Å²) in [4.78, 5) is 16.8. The highest BCUT2D eigenvalue weighted by Gasteiger charge is 2.44. The molecule has 0 saturated carbocycles. The molecule has 7 heteroatoms. The molecule has 1 fully saturated rings. The first-order valence-corrected chi connectivity index (χ1v) is 5.19. The smallest absolute Gasteiger partial charge is 0.344 e. The lowest BCUT2D eigenvalue weighted by molar-refractivity contribution is -0.0236. The number of hydrogen-bond acceptors (Lipinski definition) is 6. The van der Waals surface area contributed by atoms with Gasteiger partial charge in [0.25, 0.3) is 0 Å². The van der Waals surface area contributed by atoms with E-state index in [1.165, 1.54) is 19.5 Å². The summed E-state index contributed by atoms with van der Waals surface area (Å²) in [5.41, 5.74) is 0.131. The van der Waals surface area contributed by atoms with Gasteiger partial charge in [0.2, 0.25) is 0 Å². The Labute approximate surface area is 97.0 Å². The van der Waals surface area contributed by atoms with Crippen LogP contribution < -0.4 is 5.69 Å². The second-order valence-electron chi connectivity index (χ2n) is 3.82. The van der Waals surface area contributed by atoms with Crippen LogP contribution in [0.2, 0.25) is 0 Å². The lowest BCUT2D eigenvalue weighted by Crippen LogP contribution is -2.33. The summed E-state index contributed by atoms with van der Waals surface area (Å²) in [6.07, 6.45) is 0.0516. The minimum Gasteiger partial charge on any atom is -0.394 e. The maximum Gasteiger partial charge on any atom is 0.344 e. The second kappa shape index (κ2) is 4.92. The molecule has 1 aromatic heterocycles. The molecule has 1 aromatic rings. The molecule has 4 unspecified atom stereocenters. The van der Waals surface area contributed by atoms with Crippen LogP contribution >= 0.6 is 0 Å². The molecule has 0 aliphatic carbocycles. The summed E-state index contributed by atoms with van der Waals surface area (Å²) in [7, 11) is 1.45. The van der Waals surface area contributed by atoms with Crippen LogP contribution in [0.15, 0.2) is 17.2 Å². The van der Waals surface area contributed by atoms with E-state index in [-0.39, 0.29) is 6.61 Å². The van der Waals surface area contributed by atoms with Crippen LogP contribution in [0.5, 0.6) is 0 Å². The van der Waals surface area contributed by atoms with Crippen LogP contribution in [0.4, 0.5) is 0 Å². The number of nitrogens with zero attached hydrogens (tertiary/aromatic N) is 1. The minimum atomic E-state index is -0.915. The number of aromatic nitrogens is 2. The van der Waals surface area contributed by atoms with Crippen LogP contribution in [0.25, 0.3) is 0 Å². The number of methoxy groups -OCH3 is 1. The van der Waals surface area contributed by atoms with Crippen LogP contribution in [0, 0.1) is 0 Å². The SMILES string of the molecule is COC1C(c2cnc(=O)[nH]c2)OC(CO)C1O. The van der Waals surface area contributed by atoms with Crippen molar-refractivity contribution in [3.8, 4) is 0 Å². The van der Waals surface area contributed by atoms with Crippen molar-refractivity contribution in [3.63, 3.8) is 0 Å². The Bertz CT molecular complexity index is 414. The van der Waals surface area contributed by atoms with E-state index in [1.807, 2.05) is 0 Å². The van der Waals surface area contributed by atoms with E-state index < -0.39 is 30.1 Å². The first-order chi connectivity index (χ1) is 8.17. The standard InChI is InChI=1S/C10H14N2O5/c1-16-9-7(14)6(4-13)17-8(9)5-2-11-10(15)12-3-5/h2-3,6-9,13-14H,4H2,1H3,(H,11,12,15). The maximum atomic E-state index is 10.8. The topological polar surface area (TPSA) is 105 Å².